The number of β-amino-alcohol motifs (C(OH)–C–C–N with tert-alkyl or cyclic N) is 1. The van der Waals surface area contributed by atoms with Crippen molar-refractivity contribution in [1.82, 2.24) is 10.2 Å². The minimum Gasteiger partial charge on any atom is -0.469 e. The van der Waals surface area contributed by atoms with E-state index in [1.165, 1.54) is 0 Å². The van der Waals surface area contributed by atoms with Crippen LogP contribution >= 0.6 is 0 Å². The first kappa shape index (κ1) is 14.6. The van der Waals surface area contributed by atoms with Gasteiger partial charge in [-0.25, -0.2) is 0 Å². The smallest absolute Gasteiger partial charge is 0.220 e. The molecular formula is C16H24N2O3. The van der Waals surface area contributed by atoms with Gasteiger partial charge in [0.05, 0.1) is 12.4 Å². The Morgan fingerprint density at radius 2 is 2.33 bits per heavy atom. The van der Waals surface area contributed by atoms with Gasteiger partial charge in [-0.05, 0) is 37.8 Å². The summed E-state index contributed by atoms with van der Waals surface area (Å²) >= 11 is 0. The fraction of sp³-hybridized carbons (Fsp3) is 0.688. The number of nitrogens with zero attached hydrogens (tertiary/aromatic N) is 1. The molecule has 116 valence electrons. The molecule has 3 atom stereocenters. The molecule has 2 heterocycles. The maximum atomic E-state index is 12.1. The molecule has 1 aromatic heterocycles. The summed E-state index contributed by atoms with van der Waals surface area (Å²) in [6.45, 7) is 1.70. The van der Waals surface area contributed by atoms with Gasteiger partial charge in [0, 0.05) is 38.0 Å². The van der Waals surface area contributed by atoms with Gasteiger partial charge in [-0.2, -0.15) is 0 Å². The summed E-state index contributed by atoms with van der Waals surface area (Å²) in [5, 5.41) is 12.9. The Balaban J connectivity index is 1.48. The number of aliphatic hydroxyl groups is 1. The molecular weight excluding hydrogens is 268 g/mol. The molecule has 5 nitrogen and oxygen atoms in total. The van der Waals surface area contributed by atoms with Crippen LogP contribution in [0.2, 0.25) is 0 Å². The predicted molar refractivity (Wildman–Crippen MR) is 78.8 cm³/mol. The van der Waals surface area contributed by atoms with Crippen LogP contribution in [0.3, 0.4) is 0 Å². The van der Waals surface area contributed by atoms with E-state index in [-0.39, 0.29) is 18.1 Å². The monoisotopic (exact) mass is 292 g/mol. The van der Waals surface area contributed by atoms with Gasteiger partial charge in [-0.15, -0.1) is 0 Å². The highest BCUT2D eigenvalue weighted by molar-refractivity contribution is 5.76. The van der Waals surface area contributed by atoms with Crippen LogP contribution < -0.4 is 5.32 Å². The molecule has 2 fully saturated rings. The Morgan fingerprint density at radius 1 is 1.43 bits per heavy atom. The second-order valence-corrected chi connectivity index (χ2v) is 6.19. The molecule has 1 saturated carbocycles. The van der Waals surface area contributed by atoms with Gasteiger partial charge in [-0.1, -0.05) is 0 Å². The Bertz CT molecular complexity index is 460. The topological polar surface area (TPSA) is 65.7 Å². The van der Waals surface area contributed by atoms with Crippen LogP contribution in [0.1, 0.15) is 37.9 Å². The quantitative estimate of drug-likeness (QED) is 0.859. The van der Waals surface area contributed by atoms with E-state index < -0.39 is 0 Å². The number of carbonyl (C=O) groups is 1. The molecule has 5 heteroatoms. The molecule has 0 bridgehead atoms. The fourth-order valence-electron chi connectivity index (χ4n) is 3.59. The van der Waals surface area contributed by atoms with Crippen molar-refractivity contribution >= 4 is 5.91 Å². The summed E-state index contributed by atoms with van der Waals surface area (Å²) in [6.07, 6.45) is 6.74. The number of hydrogen-bond donors (Lipinski definition) is 2. The molecule has 0 radical (unpaired) electrons. The molecule has 1 aliphatic heterocycles. The van der Waals surface area contributed by atoms with Crippen LogP contribution in [0.5, 0.6) is 0 Å². The zero-order chi connectivity index (χ0) is 14.7. The van der Waals surface area contributed by atoms with Gasteiger partial charge < -0.3 is 14.8 Å². The van der Waals surface area contributed by atoms with Crippen LogP contribution in [-0.2, 0) is 11.2 Å². The van der Waals surface area contributed by atoms with Crippen LogP contribution in [0.4, 0.5) is 0 Å². The van der Waals surface area contributed by atoms with E-state index in [1.54, 1.807) is 6.26 Å². The molecule has 1 saturated heterocycles. The molecule has 1 aliphatic carbocycles. The normalized spacial score (nSPS) is 29.9. The first-order valence-corrected chi connectivity index (χ1v) is 7.96. The van der Waals surface area contributed by atoms with Crippen molar-refractivity contribution in [3.05, 3.63) is 24.2 Å². The lowest BCUT2D eigenvalue weighted by atomic mass is 10.1. The predicted octanol–water partition coefficient (Wildman–Crippen LogP) is 1.32. The Kier molecular flexibility index (Phi) is 4.60. The van der Waals surface area contributed by atoms with Gasteiger partial charge in [0.25, 0.3) is 0 Å². The average Bonchev–Trinajstić information content (AvgIpc) is 3.17. The molecule has 3 rings (SSSR count). The molecule has 1 unspecified atom stereocenters. The van der Waals surface area contributed by atoms with Crippen molar-refractivity contribution in [3.63, 3.8) is 0 Å². The van der Waals surface area contributed by atoms with Crippen molar-refractivity contribution in [2.45, 2.75) is 56.7 Å². The van der Waals surface area contributed by atoms with Gasteiger partial charge >= 0.3 is 0 Å². The van der Waals surface area contributed by atoms with Gasteiger partial charge in [-0.3, -0.25) is 9.69 Å². The second kappa shape index (κ2) is 6.62. The third-order valence-corrected chi connectivity index (χ3v) is 4.67. The highest BCUT2D eigenvalue weighted by atomic mass is 16.3. The first-order chi connectivity index (χ1) is 10.2. The van der Waals surface area contributed by atoms with Gasteiger partial charge in [0.1, 0.15) is 5.76 Å². The number of rotatable bonds is 5. The standard InChI is InChI=1S/C16H24N2O3/c19-12-8-9-18(11-12)15-5-1-4-14(15)17-16(20)7-6-13-3-2-10-21-13/h2-3,10,12,14-15,19H,1,4-9,11H2,(H,17,20)/t12?,14-,15+/m1/s1. The lowest BCUT2D eigenvalue weighted by Gasteiger charge is -2.29. The number of aryl methyl sites for hydroxylation is 1. The Labute approximate surface area is 125 Å². The molecule has 2 aliphatic rings. The number of hydrogen-bond acceptors (Lipinski definition) is 4. The van der Waals surface area contributed by atoms with E-state index >= 15 is 0 Å². The maximum absolute atomic E-state index is 12.1. The average molecular weight is 292 g/mol. The van der Waals surface area contributed by atoms with E-state index in [0.717, 1.165) is 44.5 Å². The van der Waals surface area contributed by atoms with Gasteiger partial charge in [0.15, 0.2) is 0 Å². The fourth-order valence-corrected chi connectivity index (χ4v) is 3.59. The lowest BCUT2D eigenvalue weighted by molar-refractivity contribution is -0.122. The molecule has 1 aromatic rings. The number of nitrogens with one attached hydrogen (secondary N) is 1. The molecule has 0 aromatic carbocycles. The zero-order valence-electron chi connectivity index (χ0n) is 12.3. The summed E-state index contributed by atoms with van der Waals surface area (Å²) in [5.74, 6) is 0.957. The first-order valence-electron chi connectivity index (χ1n) is 7.96. The van der Waals surface area contributed by atoms with Crippen molar-refractivity contribution < 1.29 is 14.3 Å². The minimum atomic E-state index is -0.194. The number of carbonyl (C=O) groups excluding carboxylic acids is 1. The molecule has 0 spiro atoms. The summed E-state index contributed by atoms with van der Waals surface area (Å²) in [4.78, 5) is 14.4. The highest BCUT2D eigenvalue weighted by Crippen LogP contribution is 2.27. The summed E-state index contributed by atoms with van der Waals surface area (Å²) in [5.41, 5.74) is 0. The Morgan fingerprint density at radius 3 is 3.05 bits per heavy atom. The number of aliphatic hydroxyl groups excluding tert-OH is 1. The van der Waals surface area contributed by atoms with E-state index in [0.29, 0.717) is 18.9 Å². The molecule has 2 N–H and O–H groups in total. The number of amides is 1. The summed E-state index contributed by atoms with van der Waals surface area (Å²) in [6, 6.07) is 4.38. The summed E-state index contributed by atoms with van der Waals surface area (Å²) < 4.78 is 5.25. The van der Waals surface area contributed by atoms with Crippen molar-refractivity contribution in [3.8, 4) is 0 Å². The van der Waals surface area contributed by atoms with E-state index in [2.05, 4.69) is 10.2 Å². The van der Waals surface area contributed by atoms with Crippen molar-refractivity contribution in [2.75, 3.05) is 13.1 Å². The van der Waals surface area contributed by atoms with Gasteiger partial charge in [0.2, 0.25) is 5.91 Å². The zero-order valence-corrected chi connectivity index (χ0v) is 12.3. The number of likely N-dealkylation sites (tertiary alicyclic amines) is 1. The van der Waals surface area contributed by atoms with E-state index in [4.69, 9.17) is 4.42 Å². The third-order valence-electron chi connectivity index (χ3n) is 4.67. The van der Waals surface area contributed by atoms with Crippen molar-refractivity contribution in [1.29, 1.82) is 0 Å². The molecule has 1 amide bonds. The largest absolute Gasteiger partial charge is 0.469 e. The highest BCUT2D eigenvalue weighted by Gasteiger charge is 2.36. The van der Waals surface area contributed by atoms with Crippen LogP contribution in [0, 0.1) is 0 Å². The van der Waals surface area contributed by atoms with Crippen molar-refractivity contribution in [2.24, 2.45) is 0 Å². The summed E-state index contributed by atoms with van der Waals surface area (Å²) in [7, 11) is 0. The lowest BCUT2D eigenvalue weighted by Crippen LogP contribution is -2.48. The second-order valence-electron chi connectivity index (χ2n) is 6.19. The maximum Gasteiger partial charge on any atom is 0.220 e. The number of furan rings is 1. The van der Waals surface area contributed by atoms with Crippen LogP contribution in [-0.4, -0.2) is 47.2 Å². The third kappa shape index (κ3) is 3.66. The minimum absolute atomic E-state index is 0.100. The van der Waals surface area contributed by atoms with Crippen LogP contribution in [0.25, 0.3) is 0 Å². The van der Waals surface area contributed by atoms with E-state index in [1.807, 2.05) is 12.1 Å². The SMILES string of the molecule is O=C(CCc1ccco1)N[C@@H]1CCC[C@@H]1N1CCC(O)C1. The Hall–Kier alpha value is -1.33. The van der Waals surface area contributed by atoms with Crippen LogP contribution in [0.15, 0.2) is 22.8 Å². The molecule has 21 heavy (non-hydrogen) atoms. The van der Waals surface area contributed by atoms with E-state index in [9.17, 15) is 9.90 Å².